The molecule has 0 aliphatic heterocycles. The molecule has 1 fully saturated rings. The van der Waals surface area contributed by atoms with Crippen molar-refractivity contribution in [3.63, 3.8) is 0 Å². The second kappa shape index (κ2) is 11.2. The number of nitrogens with one attached hydrogen (secondary N) is 2. The van der Waals surface area contributed by atoms with Gasteiger partial charge >= 0.3 is 0 Å². The van der Waals surface area contributed by atoms with E-state index in [1.165, 1.54) is 12.1 Å². The molecule has 0 saturated heterocycles. The molecule has 0 radical (unpaired) electrons. The van der Waals surface area contributed by atoms with Crippen LogP contribution in [0.5, 0.6) is 5.75 Å². The molecular weight excluding hydrogens is 564 g/mol. The number of rotatable bonds is 8. The minimum atomic E-state index is -4.00. The van der Waals surface area contributed by atoms with Crippen LogP contribution in [0.3, 0.4) is 0 Å². The molecule has 36 heavy (non-hydrogen) atoms. The molecule has 6 nitrogen and oxygen atoms in total. The van der Waals surface area contributed by atoms with Gasteiger partial charge in [0.1, 0.15) is 10.6 Å². The van der Waals surface area contributed by atoms with Gasteiger partial charge < -0.3 is 10.1 Å². The highest BCUT2D eigenvalue weighted by atomic mass is 79.9. The summed E-state index contributed by atoms with van der Waals surface area (Å²) in [5.74, 6) is 0.666. The maximum Gasteiger partial charge on any atom is 0.263 e. The topological polar surface area (TPSA) is 84.5 Å². The summed E-state index contributed by atoms with van der Waals surface area (Å²) in [6.45, 7) is 3.97. The van der Waals surface area contributed by atoms with Crippen LogP contribution in [0.1, 0.15) is 54.9 Å². The lowest BCUT2D eigenvalue weighted by atomic mass is 9.93. The van der Waals surface area contributed by atoms with Crippen LogP contribution in [0.25, 0.3) is 0 Å². The Morgan fingerprint density at radius 1 is 1.03 bits per heavy atom. The zero-order valence-corrected chi connectivity index (χ0v) is 23.2. The van der Waals surface area contributed by atoms with Gasteiger partial charge in [-0.25, -0.2) is 8.42 Å². The summed E-state index contributed by atoms with van der Waals surface area (Å²) in [4.78, 5) is 13.0. The van der Waals surface area contributed by atoms with Crippen LogP contribution in [0.15, 0.2) is 76.1 Å². The average Bonchev–Trinajstić information content (AvgIpc) is 3.28. The van der Waals surface area contributed by atoms with Crippen molar-refractivity contribution in [2.75, 3.05) is 4.72 Å². The second-order valence-electron chi connectivity index (χ2n) is 9.11. The number of hydrogen-bond acceptors (Lipinski definition) is 4. The van der Waals surface area contributed by atoms with Gasteiger partial charge in [0, 0.05) is 27.7 Å². The summed E-state index contributed by atoms with van der Waals surface area (Å²) in [6, 6.07) is 19.0. The number of benzene rings is 3. The molecule has 2 unspecified atom stereocenters. The van der Waals surface area contributed by atoms with Crippen LogP contribution < -0.4 is 14.8 Å². The molecule has 2 N–H and O–H groups in total. The lowest BCUT2D eigenvalue weighted by molar-refractivity contribution is 0.0934. The Morgan fingerprint density at radius 3 is 2.39 bits per heavy atom. The second-order valence-corrected chi connectivity index (χ2v) is 12.1. The van der Waals surface area contributed by atoms with E-state index in [1.54, 1.807) is 30.3 Å². The summed E-state index contributed by atoms with van der Waals surface area (Å²) in [5.41, 5.74) is 1.77. The molecule has 4 rings (SSSR count). The number of anilines is 1. The van der Waals surface area contributed by atoms with Crippen molar-refractivity contribution in [2.45, 2.75) is 56.1 Å². The van der Waals surface area contributed by atoms with Crippen LogP contribution in [0.2, 0.25) is 5.02 Å². The average molecular weight is 592 g/mol. The standard InChI is InChI=1S/C27H28BrClN2O4S/c1-17(2)35-22-13-6-18(7-14-22)23-4-3-5-25(23)30-27(32)19-8-15-24(29)26(16-19)36(33,34)31-21-11-9-20(28)10-12-21/h6-17,23,25,31H,3-5H2,1-2H3,(H,30,32). The molecule has 0 spiro atoms. The zero-order chi connectivity index (χ0) is 25.9. The van der Waals surface area contributed by atoms with E-state index in [4.69, 9.17) is 16.3 Å². The molecule has 0 aromatic heterocycles. The molecule has 2 atom stereocenters. The van der Waals surface area contributed by atoms with E-state index >= 15 is 0 Å². The number of carbonyl (C=O) groups excluding carboxylic acids is 1. The lowest BCUT2D eigenvalue weighted by Gasteiger charge is -2.22. The van der Waals surface area contributed by atoms with E-state index in [1.807, 2.05) is 38.1 Å². The van der Waals surface area contributed by atoms with Gasteiger partial charge in [0.25, 0.3) is 15.9 Å². The monoisotopic (exact) mass is 590 g/mol. The minimum absolute atomic E-state index is 0.0404. The predicted molar refractivity (Wildman–Crippen MR) is 146 cm³/mol. The van der Waals surface area contributed by atoms with Crippen molar-refractivity contribution in [3.8, 4) is 5.75 Å². The number of hydrogen-bond donors (Lipinski definition) is 2. The van der Waals surface area contributed by atoms with E-state index in [9.17, 15) is 13.2 Å². The van der Waals surface area contributed by atoms with Crippen LogP contribution in [-0.2, 0) is 10.0 Å². The lowest BCUT2D eigenvalue weighted by Crippen LogP contribution is -2.36. The Balaban J connectivity index is 1.49. The maximum absolute atomic E-state index is 13.1. The molecule has 0 bridgehead atoms. The van der Waals surface area contributed by atoms with Gasteiger partial charge in [-0.2, -0.15) is 0 Å². The van der Waals surface area contributed by atoms with E-state index < -0.39 is 10.0 Å². The fraction of sp³-hybridized carbons (Fsp3) is 0.296. The largest absolute Gasteiger partial charge is 0.491 e. The maximum atomic E-state index is 13.1. The molecule has 1 aliphatic rings. The quantitative estimate of drug-likeness (QED) is 0.303. The Morgan fingerprint density at radius 2 is 1.72 bits per heavy atom. The highest BCUT2D eigenvalue weighted by molar-refractivity contribution is 9.10. The van der Waals surface area contributed by atoms with Gasteiger partial charge in [0.05, 0.1) is 11.1 Å². The molecule has 1 saturated carbocycles. The highest BCUT2D eigenvalue weighted by Gasteiger charge is 2.30. The van der Waals surface area contributed by atoms with Gasteiger partial charge in [-0.05, 0) is 86.8 Å². The van der Waals surface area contributed by atoms with Gasteiger partial charge in [-0.1, -0.05) is 46.1 Å². The van der Waals surface area contributed by atoms with Gasteiger partial charge in [0.15, 0.2) is 0 Å². The fourth-order valence-corrected chi connectivity index (χ4v) is 6.28. The Bertz CT molecular complexity index is 1330. The molecule has 190 valence electrons. The Kier molecular flexibility index (Phi) is 8.27. The fourth-order valence-electron chi connectivity index (χ4n) is 4.43. The van der Waals surface area contributed by atoms with Crippen molar-refractivity contribution in [3.05, 3.63) is 87.4 Å². The number of amides is 1. The third-order valence-electron chi connectivity index (χ3n) is 6.09. The van der Waals surface area contributed by atoms with Gasteiger partial charge in [0.2, 0.25) is 0 Å². The van der Waals surface area contributed by atoms with Crippen LogP contribution in [-0.4, -0.2) is 26.5 Å². The SMILES string of the molecule is CC(C)Oc1ccc(C2CCCC2NC(=O)c2ccc(Cl)c(S(=O)(=O)Nc3ccc(Br)cc3)c2)cc1. The summed E-state index contributed by atoms with van der Waals surface area (Å²) >= 11 is 9.55. The highest BCUT2D eigenvalue weighted by Crippen LogP contribution is 2.36. The molecule has 3 aromatic carbocycles. The normalized spacial score (nSPS) is 17.7. The molecular formula is C27H28BrClN2O4S. The Labute approximate surface area is 225 Å². The van der Waals surface area contributed by atoms with Gasteiger partial charge in [-0.15, -0.1) is 0 Å². The number of carbonyl (C=O) groups is 1. The van der Waals surface area contributed by atoms with Crippen LogP contribution in [0.4, 0.5) is 5.69 Å². The minimum Gasteiger partial charge on any atom is -0.491 e. The molecule has 3 aromatic rings. The van der Waals surface area contributed by atoms with Crippen molar-refractivity contribution in [2.24, 2.45) is 0 Å². The number of ether oxygens (including phenoxy) is 1. The first-order chi connectivity index (χ1) is 17.1. The van der Waals surface area contributed by atoms with Crippen molar-refractivity contribution in [1.82, 2.24) is 5.32 Å². The van der Waals surface area contributed by atoms with E-state index in [0.717, 1.165) is 35.0 Å². The van der Waals surface area contributed by atoms with Crippen molar-refractivity contribution >= 4 is 49.1 Å². The molecule has 1 amide bonds. The van der Waals surface area contributed by atoms with E-state index in [-0.39, 0.29) is 39.5 Å². The zero-order valence-electron chi connectivity index (χ0n) is 20.0. The first-order valence-corrected chi connectivity index (χ1v) is 14.4. The van der Waals surface area contributed by atoms with E-state index in [0.29, 0.717) is 5.69 Å². The van der Waals surface area contributed by atoms with Crippen LogP contribution in [0, 0.1) is 0 Å². The molecule has 9 heteroatoms. The number of halogens is 2. The third-order valence-corrected chi connectivity index (χ3v) is 8.48. The van der Waals surface area contributed by atoms with Crippen LogP contribution >= 0.6 is 27.5 Å². The summed E-state index contributed by atoms with van der Waals surface area (Å²) in [5, 5.41) is 3.15. The van der Waals surface area contributed by atoms with Gasteiger partial charge in [-0.3, -0.25) is 9.52 Å². The summed E-state index contributed by atoms with van der Waals surface area (Å²) < 4.78 is 35.1. The first-order valence-electron chi connectivity index (χ1n) is 11.8. The first kappa shape index (κ1) is 26.5. The molecule has 0 heterocycles. The predicted octanol–water partition coefficient (Wildman–Crippen LogP) is 6.76. The summed E-state index contributed by atoms with van der Waals surface area (Å²) in [6.07, 6.45) is 2.92. The smallest absolute Gasteiger partial charge is 0.263 e. The third kappa shape index (κ3) is 6.41. The van der Waals surface area contributed by atoms with Crippen molar-refractivity contribution < 1.29 is 17.9 Å². The Hall–Kier alpha value is -2.55. The molecule has 1 aliphatic carbocycles. The summed E-state index contributed by atoms with van der Waals surface area (Å²) in [7, 11) is -4.00. The number of sulfonamides is 1. The van der Waals surface area contributed by atoms with E-state index in [2.05, 4.69) is 26.0 Å². The van der Waals surface area contributed by atoms with Crippen molar-refractivity contribution in [1.29, 1.82) is 0 Å².